The van der Waals surface area contributed by atoms with Gasteiger partial charge in [-0.3, -0.25) is 0 Å². The molecule has 0 radical (unpaired) electrons. The smallest absolute Gasteiger partial charge is 0.0471 e. The molecule has 3 aromatic rings. The van der Waals surface area contributed by atoms with Gasteiger partial charge in [-0.05, 0) is 45.5 Å². The van der Waals surface area contributed by atoms with Gasteiger partial charge in [0.1, 0.15) is 0 Å². The van der Waals surface area contributed by atoms with Gasteiger partial charge in [0.25, 0.3) is 0 Å². The molecule has 0 saturated heterocycles. The number of benzene rings is 3. The lowest BCUT2D eigenvalue weighted by molar-refractivity contribution is 0.299. The van der Waals surface area contributed by atoms with E-state index in [0.717, 1.165) is 0 Å². The predicted octanol–water partition coefficient (Wildman–Crippen LogP) is 3.06. The molecule has 3 aromatic carbocycles. The van der Waals surface area contributed by atoms with Gasteiger partial charge in [0.2, 0.25) is 0 Å². The van der Waals surface area contributed by atoms with Gasteiger partial charge in [-0.25, -0.2) is 0 Å². The molecule has 0 aliphatic rings. The van der Waals surface area contributed by atoms with Crippen molar-refractivity contribution in [2.45, 2.75) is 12.8 Å². The van der Waals surface area contributed by atoms with Crippen molar-refractivity contribution in [2.75, 3.05) is 13.2 Å². The number of hydrogen-bond donors (Lipinski definition) is 2. The Morgan fingerprint density at radius 2 is 0.850 bits per heavy atom. The summed E-state index contributed by atoms with van der Waals surface area (Å²) in [6.45, 7) is 0.292. The maximum atomic E-state index is 9.37. The Morgan fingerprint density at radius 3 is 1.10 bits per heavy atom. The van der Waals surface area contributed by atoms with E-state index >= 15 is 0 Å². The Hall–Kier alpha value is -1.90. The first-order valence-corrected chi connectivity index (χ1v) is 6.99. The van der Waals surface area contributed by atoms with E-state index in [9.17, 15) is 10.2 Å². The summed E-state index contributed by atoms with van der Waals surface area (Å²) in [7, 11) is 0. The molecule has 0 spiro atoms. The van der Waals surface area contributed by atoms with Gasteiger partial charge in [0.15, 0.2) is 0 Å². The molecule has 0 atom stereocenters. The molecular weight excluding hydrogens is 248 g/mol. The van der Waals surface area contributed by atoms with Crippen LogP contribution in [0.1, 0.15) is 11.1 Å². The highest BCUT2D eigenvalue weighted by atomic mass is 16.3. The third-order valence-corrected chi connectivity index (χ3v) is 3.88. The topological polar surface area (TPSA) is 40.5 Å². The number of aliphatic hydroxyl groups is 2. The zero-order chi connectivity index (χ0) is 13.9. The van der Waals surface area contributed by atoms with Gasteiger partial charge in [-0.2, -0.15) is 0 Å². The van der Waals surface area contributed by atoms with Gasteiger partial charge in [0.05, 0.1) is 0 Å². The van der Waals surface area contributed by atoms with E-state index in [1.54, 1.807) is 0 Å². The average Bonchev–Trinajstić information content (AvgIpc) is 2.50. The van der Waals surface area contributed by atoms with Crippen molar-refractivity contribution in [1.82, 2.24) is 0 Å². The van der Waals surface area contributed by atoms with Crippen molar-refractivity contribution in [1.29, 1.82) is 0 Å². The second kappa shape index (κ2) is 5.61. The summed E-state index contributed by atoms with van der Waals surface area (Å²) < 4.78 is 0. The van der Waals surface area contributed by atoms with Crippen LogP contribution in [0.3, 0.4) is 0 Å². The van der Waals surface area contributed by atoms with Crippen molar-refractivity contribution in [3.05, 3.63) is 59.7 Å². The summed E-state index contributed by atoms with van der Waals surface area (Å²) in [5.41, 5.74) is 2.39. The fraction of sp³-hybridized carbons (Fsp3) is 0.222. The van der Waals surface area contributed by atoms with Crippen molar-refractivity contribution in [3.63, 3.8) is 0 Å². The molecule has 20 heavy (non-hydrogen) atoms. The van der Waals surface area contributed by atoms with Crippen LogP contribution >= 0.6 is 0 Å². The molecule has 0 bridgehead atoms. The molecule has 0 aliphatic carbocycles. The maximum absolute atomic E-state index is 9.37. The zero-order valence-corrected chi connectivity index (χ0v) is 11.3. The largest absolute Gasteiger partial charge is 0.396 e. The number of hydrogen-bond acceptors (Lipinski definition) is 2. The van der Waals surface area contributed by atoms with Crippen molar-refractivity contribution in [2.24, 2.45) is 0 Å². The van der Waals surface area contributed by atoms with Crippen LogP contribution in [0.25, 0.3) is 21.5 Å². The number of rotatable bonds is 4. The summed E-state index contributed by atoms with van der Waals surface area (Å²) >= 11 is 0. The fourth-order valence-corrected chi connectivity index (χ4v) is 3.07. The summed E-state index contributed by atoms with van der Waals surface area (Å²) in [4.78, 5) is 0. The van der Waals surface area contributed by atoms with Gasteiger partial charge in [0, 0.05) is 13.2 Å². The molecule has 2 heteroatoms. The summed E-state index contributed by atoms with van der Waals surface area (Å²) in [6.07, 6.45) is 1.31. The Kier molecular flexibility index (Phi) is 3.68. The van der Waals surface area contributed by atoms with Crippen molar-refractivity contribution < 1.29 is 10.2 Å². The molecule has 0 aliphatic heterocycles. The zero-order valence-electron chi connectivity index (χ0n) is 11.3. The fourth-order valence-electron chi connectivity index (χ4n) is 3.07. The minimum Gasteiger partial charge on any atom is -0.396 e. The molecule has 2 nitrogen and oxygen atoms in total. The van der Waals surface area contributed by atoms with Gasteiger partial charge in [-0.1, -0.05) is 48.5 Å². The van der Waals surface area contributed by atoms with E-state index in [1.807, 2.05) is 24.3 Å². The first kappa shape index (κ1) is 13.1. The number of aliphatic hydroxyl groups excluding tert-OH is 2. The summed E-state index contributed by atoms with van der Waals surface area (Å²) in [5.74, 6) is 0. The lowest BCUT2D eigenvalue weighted by Gasteiger charge is -2.15. The summed E-state index contributed by atoms with van der Waals surface area (Å²) in [5, 5.41) is 23.5. The third-order valence-electron chi connectivity index (χ3n) is 3.88. The van der Waals surface area contributed by atoms with Crippen LogP contribution in [-0.2, 0) is 12.8 Å². The second-order valence-corrected chi connectivity index (χ2v) is 5.00. The van der Waals surface area contributed by atoms with E-state index in [-0.39, 0.29) is 13.2 Å². The normalized spacial score (nSPS) is 11.3. The van der Waals surface area contributed by atoms with Gasteiger partial charge < -0.3 is 10.2 Å². The van der Waals surface area contributed by atoms with E-state index in [0.29, 0.717) is 12.8 Å². The van der Waals surface area contributed by atoms with E-state index in [4.69, 9.17) is 0 Å². The molecule has 102 valence electrons. The average molecular weight is 266 g/mol. The molecule has 0 heterocycles. The van der Waals surface area contributed by atoms with E-state index in [1.165, 1.54) is 32.7 Å². The molecule has 0 fully saturated rings. The van der Waals surface area contributed by atoms with Crippen LogP contribution in [0.15, 0.2) is 48.5 Å². The van der Waals surface area contributed by atoms with Crippen LogP contribution in [0.5, 0.6) is 0 Å². The van der Waals surface area contributed by atoms with Gasteiger partial charge >= 0.3 is 0 Å². The Bertz CT molecular complexity index is 626. The summed E-state index contributed by atoms with van der Waals surface area (Å²) in [6, 6.07) is 16.5. The second-order valence-electron chi connectivity index (χ2n) is 5.00. The molecular formula is C18H18O2. The van der Waals surface area contributed by atoms with Crippen LogP contribution in [-0.4, -0.2) is 23.4 Å². The minimum atomic E-state index is 0.146. The SMILES string of the molecule is OCCc1c2ccccc2c(CCO)c2ccccc12. The minimum absolute atomic E-state index is 0.146. The lowest BCUT2D eigenvalue weighted by Crippen LogP contribution is -2.00. The van der Waals surface area contributed by atoms with E-state index in [2.05, 4.69) is 24.3 Å². The quantitative estimate of drug-likeness (QED) is 0.712. The highest BCUT2D eigenvalue weighted by Crippen LogP contribution is 2.33. The number of fused-ring (bicyclic) bond motifs is 2. The third kappa shape index (κ3) is 2.07. The van der Waals surface area contributed by atoms with Crippen LogP contribution in [0.4, 0.5) is 0 Å². The maximum Gasteiger partial charge on any atom is 0.0471 e. The van der Waals surface area contributed by atoms with Crippen LogP contribution in [0, 0.1) is 0 Å². The molecule has 2 N–H and O–H groups in total. The Morgan fingerprint density at radius 1 is 0.550 bits per heavy atom. The lowest BCUT2D eigenvalue weighted by atomic mass is 9.89. The predicted molar refractivity (Wildman–Crippen MR) is 83.0 cm³/mol. The van der Waals surface area contributed by atoms with Gasteiger partial charge in [-0.15, -0.1) is 0 Å². The highest BCUT2D eigenvalue weighted by molar-refractivity contribution is 6.05. The molecule has 0 aromatic heterocycles. The monoisotopic (exact) mass is 266 g/mol. The first-order chi connectivity index (χ1) is 9.86. The van der Waals surface area contributed by atoms with Crippen LogP contribution < -0.4 is 0 Å². The van der Waals surface area contributed by atoms with Crippen LogP contribution in [0.2, 0.25) is 0 Å². The van der Waals surface area contributed by atoms with Crippen molar-refractivity contribution >= 4 is 21.5 Å². The molecule has 0 amide bonds. The molecule has 3 rings (SSSR count). The molecule has 0 saturated carbocycles. The Labute approximate surface area is 118 Å². The first-order valence-electron chi connectivity index (χ1n) is 6.99. The van der Waals surface area contributed by atoms with E-state index < -0.39 is 0 Å². The molecule has 0 unspecified atom stereocenters. The van der Waals surface area contributed by atoms with Crippen molar-refractivity contribution in [3.8, 4) is 0 Å². The highest BCUT2D eigenvalue weighted by Gasteiger charge is 2.12. The Balaban J connectivity index is 2.47. The standard InChI is InChI=1S/C18H18O2/c19-11-9-17-13-5-1-2-6-14(13)18(10-12-20)16-8-4-3-7-15(16)17/h1-8,19-20H,9-12H2.